The van der Waals surface area contributed by atoms with E-state index < -0.39 is 5.97 Å². The van der Waals surface area contributed by atoms with E-state index >= 15 is 0 Å². The monoisotopic (exact) mass is 610 g/mol. The van der Waals surface area contributed by atoms with Crippen LogP contribution in [0.15, 0.2) is 121 Å². The molecule has 0 unspecified atom stereocenters. The summed E-state index contributed by atoms with van der Waals surface area (Å²) < 4.78 is 16.4. The van der Waals surface area contributed by atoms with Crippen LogP contribution in [0.3, 0.4) is 0 Å². The molecule has 1 aliphatic rings. The molecule has 1 heterocycles. The first-order valence-electron chi connectivity index (χ1n) is 15.8. The molecule has 0 aliphatic heterocycles. The van der Waals surface area contributed by atoms with E-state index in [9.17, 15) is 19.1 Å². The Morgan fingerprint density at radius 3 is 2.22 bits per heavy atom. The summed E-state index contributed by atoms with van der Waals surface area (Å²) in [5, 5.41) is 12.7. The van der Waals surface area contributed by atoms with Gasteiger partial charge in [0.1, 0.15) is 12.4 Å². The predicted molar refractivity (Wildman–Crippen MR) is 179 cm³/mol. The van der Waals surface area contributed by atoms with Crippen molar-refractivity contribution in [3.8, 4) is 0 Å². The molecule has 5 aromatic carbocycles. The normalized spacial score (nSPS) is 14.4. The van der Waals surface area contributed by atoms with Gasteiger partial charge in [0.15, 0.2) is 0 Å². The Balaban J connectivity index is 1.29. The highest BCUT2D eigenvalue weighted by Crippen LogP contribution is 2.37. The predicted octanol–water partition coefficient (Wildman–Crippen LogP) is 8.13. The van der Waals surface area contributed by atoms with Crippen molar-refractivity contribution in [3.63, 3.8) is 0 Å². The maximum atomic E-state index is 14.7. The van der Waals surface area contributed by atoms with Gasteiger partial charge in [0.05, 0.1) is 0 Å². The molecule has 1 atom stereocenters. The van der Waals surface area contributed by atoms with Gasteiger partial charge in [0.25, 0.3) is 0 Å². The van der Waals surface area contributed by atoms with Crippen LogP contribution in [0.4, 0.5) is 4.39 Å². The second kappa shape index (κ2) is 12.6. The van der Waals surface area contributed by atoms with Crippen molar-refractivity contribution in [1.29, 1.82) is 0 Å². The third-order valence-corrected chi connectivity index (χ3v) is 9.46. The molecule has 0 bridgehead atoms. The Hall–Kier alpha value is -5.23. The molecule has 0 saturated heterocycles. The van der Waals surface area contributed by atoms with Gasteiger partial charge in [-0.05, 0) is 70.5 Å². The van der Waals surface area contributed by atoms with Crippen molar-refractivity contribution in [2.45, 2.75) is 50.7 Å². The maximum Gasteiger partial charge on any atom is 0.323 e. The van der Waals surface area contributed by atoms with Gasteiger partial charge in [-0.25, -0.2) is 4.39 Å². The van der Waals surface area contributed by atoms with Crippen molar-refractivity contribution >= 4 is 33.6 Å². The number of amides is 1. The summed E-state index contributed by atoms with van der Waals surface area (Å²) in [6.07, 6.45) is 2.12. The standard InChI is InChI=1S/C40H35FN2O3/c41-31-18-20-37-35(22-31)36-23-32(19-21-38(36)43(37)26-40(45)46)42(25-30-16-9-15-27-14-7-8-17-33(27)30)39(44)24-34(28-10-3-1-4-11-28)29-12-5-2-6-13-29/h1-18,20,22,32,34H,19,21,23-26H2,(H,45,46)/t32-/m0/s1. The fourth-order valence-corrected chi connectivity index (χ4v) is 7.31. The minimum atomic E-state index is -0.938. The molecule has 6 heteroatoms. The largest absolute Gasteiger partial charge is 0.480 e. The minimum Gasteiger partial charge on any atom is -0.480 e. The Morgan fingerprint density at radius 1 is 0.826 bits per heavy atom. The molecule has 46 heavy (non-hydrogen) atoms. The number of benzene rings is 5. The number of nitrogens with zero attached hydrogens (tertiary/aromatic N) is 2. The summed E-state index contributed by atoms with van der Waals surface area (Å²) in [6, 6.07) is 39.2. The molecule has 230 valence electrons. The Bertz CT molecular complexity index is 1990. The van der Waals surface area contributed by atoms with Gasteiger partial charge in [-0.15, -0.1) is 0 Å². The molecule has 0 saturated carbocycles. The van der Waals surface area contributed by atoms with E-state index in [0.29, 0.717) is 32.2 Å². The molecule has 6 aromatic rings. The van der Waals surface area contributed by atoms with Crippen molar-refractivity contribution in [1.82, 2.24) is 9.47 Å². The lowest BCUT2D eigenvalue weighted by Gasteiger charge is -2.36. The summed E-state index contributed by atoms with van der Waals surface area (Å²) in [5.41, 5.74) is 5.83. The van der Waals surface area contributed by atoms with Crippen LogP contribution in [0.2, 0.25) is 0 Å². The van der Waals surface area contributed by atoms with Crippen LogP contribution in [0.25, 0.3) is 21.7 Å². The lowest BCUT2D eigenvalue weighted by molar-refractivity contribution is -0.137. The second-order valence-electron chi connectivity index (χ2n) is 12.2. The molecule has 0 fully saturated rings. The Morgan fingerprint density at radius 2 is 1.50 bits per heavy atom. The van der Waals surface area contributed by atoms with E-state index in [1.165, 1.54) is 12.1 Å². The highest BCUT2D eigenvalue weighted by atomic mass is 19.1. The lowest BCUT2D eigenvalue weighted by Crippen LogP contribution is -2.43. The summed E-state index contributed by atoms with van der Waals surface area (Å²) in [4.78, 5) is 28.6. The maximum absolute atomic E-state index is 14.7. The van der Waals surface area contributed by atoms with E-state index in [2.05, 4.69) is 48.5 Å². The smallest absolute Gasteiger partial charge is 0.323 e. The quantitative estimate of drug-likeness (QED) is 0.180. The zero-order valence-corrected chi connectivity index (χ0v) is 25.5. The molecule has 1 aliphatic carbocycles. The topological polar surface area (TPSA) is 62.5 Å². The van der Waals surface area contributed by atoms with Crippen LogP contribution in [0.1, 0.15) is 46.7 Å². The van der Waals surface area contributed by atoms with Gasteiger partial charge < -0.3 is 14.6 Å². The highest BCUT2D eigenvalue weighted by Gasteiger charge is 2.33. The van der Waals surface area contributed by atoms with Gasteiger partial charge in [0, 0.05) is 41.5 Å². The summed E-state index contributed by atoms with van der Waals surface area (Å²) >= 11 is 0. The fourth-order valence-electron chi connectivity index (χ4n) is 7.31. The van der Waals surface area contributed by atoms with E-state index in [4.69, 9.17) is 0 Å². The number of carbonyl (C=O) groups is 2. The van der Waals surface area contributed by atoms with Crippen molar-refractivity contribution < 1.29 is 19.1 Å². The van der Waals surface area contributed by atoms with E-state index in [-0.39, 0.29) is 30.2 Å². The van der Waals surface area contributed by atoms with Crippen molar-refractivity contribution in [2.24, 2.45) is 0 Å². The van der Waals surface area contributed by atoms with Gasteiger partial charge in [-0.1, -0.05) is 103 Å². The molecule has 1 N–H and O–H groups in total. The lowest BCUT2D eigenvalue weighted by atomic mass is 9.86. The zero-order chi connectivity index (χ0) is 31.6. The van der Waals surface area contributed by atoms with Gasteiger partial charge in [0.2, 0.25) is 5.91 Å². The molecule has 7 rings (SSSR count). The summed E-state index contributed by atoms with van der Waals surface area (Å²) in [5.74, 6) is -1.36. The molecule has 0 spiro atoms. The highest BCUT2D eigenvalue weighted by molar-refractivity contribution is 5.88. The SMILES string of the molecule is O=C(O)Cn1c2c(c3cc(F)ccc31)C[C@@H](N(Cc1cccc3ccccc13)C(=O)CC(c1ccccc1)c1ccccc1)CC2. The average Bonchev–Trinajstić information content (AvgIpc) is 3.37. The van der Waals surface area contributed by atoms with Crippen LogP contribution in [-0.2, 0) is 35.5 Å². The number of hydrogen-bond donors (Lipinski definition) is 1. The van der Waals surface area contributed by atoms with Crippen LogP contribution in [0, 0.1) is 5.82 Å². The molecule has 1 aromatic heterocycles. The van der Waals surface area contributed by atoms with Gasteiger partial charge in [-0.3, -0.25) is 9.59 Å². The van der Waals surface area contributed by atoms with E-state index in [0.717, 1.165) is 49.6 Å². The summed E-state index contributed by atoms with van der Waals surface area (Å²) in [7, 11) is 0. The number of fused-ring (bicyclic) bond motifs is 4. The van der Waals surface area contributed by atoms with Crippen LogP contribution in [-0.4, -0.2) is 32.5 Å². The van der Waals surface area contributed by atoms with Gasteiger partial charge in [-0.2, -0.15) is 0 Å². The van der Waals surface area contributed by atoms with Crippen molar-refractivity contribution in [2.75, 3.05) is 0 Å². The first kappa shape index (κ1) is 29.5. The number of carboxylic acids is 1. The molecule has 5 nitrogen and oxygen atoms in total. The number of halogens is 1. The zero-order valence-electron chi connectivity index (χ0n) is 25.5. The first-order chi connectivity index (χ1) is 22.5. The number of hydrogen-bond acceptors (Lipinski definition) is 2. The van der Waals surface area contributed by atoms with Crippen LogP contribution >= 0.6 is 0 Å². The van der Waals surface area contributed by atoms with E-state index in [1.807, 2.05) is 59.5 Å². The van der Waals surface area contributed by atoms with Crippen LogP contribution < -0.4 is 0 Å². The number of carbonyl (C=O) groups excluding carboxylic acids is 1. The third kappa shape index (κ3) is 5.79. The first-order valence-corrected chi connectivity index (χ1v) is 15.8. The number of aromatic nitrogens is 1. The average molecular weight is 611 g/mol. The van der Waals surface area contributed by atoms with E-state index in [1.54, 1.807) is 10.6 Å². The molecule has 0 radical (unpaired) electrons. The van der Waals surface area contributed by atoms with Crippen LogP contribution in [0.5, 0.6) is 0 Å². The summed E-state index contributed by atoms with van der Waals surface area (Å²) in [6.45, 7) is 0.259. The molecular formula is C40H35FN2O3. The Labute approximate surface area is 267 Å². The number of carboxylic acid groups (broad SMARTS) is 1. The molecule has 1 amide bonds. The fraction of sp³-hybridized carbons (Fsp3) is 0.200. The van der Waals surface area contributed by atoms with Crippen molar-refractivity contribution in [3.05, 3.63) is 155 Å². The minimum absolute atomic E-state index is 0.0551. The third-order valence-electron chi connectivity index (χ3n) is 9.46. The Kier molecular flexibility index (Phi) is 8.10. The molecular weight excluding hydrogens is 575 g/mol. The second-order valence-corrected chi connectivity index (χ2v) is 12.2. The number of rotatable bonds is 9. The van der Waals surface area contributed by atoms with Gasteiger partial charge >= 0.3 is 5.97 Å². The number of aliphatic carboxylic acids is 1.